The first-order chi connectivity index (χ1) is 13.2. The molecule has 2 N–H and O–H groups in total. The first-order valence-electron chi connectivity index (χ1n) is 8.89. The Hall–Kier alpha value is -1.97. The highest BCUT2D eigenvalue weighted by atomic mass is 32.1. The number of aromatic nitrogens is 2. The van der Waals surface area contributed by atoms with Crippen LogP contribution in [0.25, 0.3) is 10.6 Å². The van der Waals surface area contributed by atoms with Gasteiger partial charge in [0.1, 0.15) is 0 Å². The van der Waals surface area contributed by atoms with E-state index in [0.29, 0.717) is 12.5 Å². The zero-order chi connectivity index (χ0) is 18.6. The van der Waals surface area contributed by atoms with Crippen LogP contribution in [0.15, 0.2) is 34.1 Å². The molecule has 27 heavy (non-hydrogen) atoms. The van der Waals surface area contributed by atoms with Crippen LogP contribution in [0.3, 0.4) is 0 Å². The number of thiazole rings is 2. The second-order valence-electron chi connectivity index (χ2n) is 6.30. The predicted molar refractivity (Wildman–Crippen MR) is 116 cm³/mol. The third-order valence-electron chi connectivity index (χ3n) is 4.46. The van der Waals surface area contributed by atoms with Gasteiger partial charge in [-0.05, 0) is 19.1 Å². The van der Waals surface area contributed by atoms with E-state index in [2.05, 4.69) is 42.3 Å². The molecule has 0 saturated carbocycles. The summed E-state index contributed by atoms with van der Waals surface area (Å²) in [6.07, 6.45) is 2.77. The van der Waals surface area contributed by atoms with Gasteiger partial charge in [0.2, 0.25) is 0 Å². The molecule has 0 amide bonds. The van der Waals surface area contributed by atoms with E-state index in [1.165, 1.54) is 9.75 Å². The molecule has 1 saturated heterocycles. The van der Waals surface area contributed by atoms with Gasteiger partial charge < -0.3 is 15.5 Å². The second kappa shape index (κ2) is 8.37. The largest absolute Gasteiger partial charge is 0.370 e. The average molecular weight is 419 g/mol. The monoisotopic (exact) mass is 418 g/mol. The Bertz CT molecular complexity index is 890. The number of aryl methyl sites for hydroxylation is 1. The lowest BCUT2D eigenvalue weighted by Crippen LogP contribution is -2.51. The van der Waals surface area contributed by atoms with Gasteiger partial charge in [-0.2, -0.15) is 0 Å². The molecule has 3 aromatic rings. The van der Waals surface area contributed by atoms with E-state index in [1.54, 1.807) is 34.0 Å². The molecule has 0 aliphatic carbocycles. The smallest absolute Gasteiger partial charge is 0.191 e. The molecular weight excluding hydrogens is 396 g/mol. The van der Waals surface area contributed by atoms with Crippen LogP contribution in [-0.4, -0.2) is 53.6 Å². The van der Waals surface area contributed by atoms with Crippen molar-refractivity contribution in [2.75, 3.05) is 37.6 Å². The molecule has 0 unspecified atom stereocenters. The van der Waals surface area contributed by atoms with Crippen molar-refractivity contribution in [3.8, 4) is 10.6 Å². The summed E-state index contributed by atoms with van der Waals surface area (Å²) in [4.78, 5) is 20.6. The molecule has 1 fully saturated rings. The van der Waals surface area contributed by atoms with Crippen molar-refractivity contribution in [2.45, 2.75) is 13.3 Å². The van der Waals surface area contributed by atoms with E-state index in [1.807, 2.05) is 18.5 Å². The quantitative estimate of drug-likeness (QED) is 0.508. The maximum Gasteiger partial charge on any atom is 0.191 e. The van der Waals surface area contributed by atoms with Crippen LogP contribution in [0, 0.1) is 6.92 Å². The summed E-state index contributed by atoms with van der Waals surface area (Å²) in [5, 5.41) is 6.33. The van der Waals surface area contributed by atoms with Gasteiger partial charge in [0.25, 0.3) is 0 Å². The van der Waals surface area contributed by atoms with Gasteiger partial charge in [-0.3, -0.25) is 4.99 Å². The van der Waals surface area contributed by atoms with Crippen LogP contribution >= 0.6 is 34.0 Å². The van der Waals surface area contributed by atoms with Crippen molar-refractivity contribution < 1.29 is 0 Å². The Labute approximate surface area is 171 Å². The summed E-state index contributed by atoms with van der Waals surface area (Å²) >= 11 is 5.17. The van der Waals surface area contributed by atoms with E-state index in [4.69, 9.17) is 5.73 Å². The van der Waals surface area contributed by atoms with Gasteiger partial charge in [-0.1, -0.05) is 0 Å². The molecule has 6 nitrogen and oxygen atoms in total. The number of hydrogen-bond acceptors (Lipinski definition) is 7. The van der Waals surface area contributed by atoms with E-state index >= 15 is 0 Å². The highest BCUT2D eigenvalue weighted by Crippen LogP contribution is 2.29. The van der Waals surface area contributed by atoms with Crippen LogP contribution < -0.4 is 10.6 Å². The number of hydrogen-bond donors (Lipinski definition) is 1. The van der Waals surface area contributed by atoms with Crippen molar-refractivity contribution in [1.29, 1.82) is 0 Å². The molecule has 3 aromatic heterocycles. The molecule has 9 heteroatoms. The minimum absolute atomic E-state index is 0.653. The molecule has 4 heterocycles. The van der Waals surface area contributed by atoms with Gasteiger partial charge in [-0.15, -0.1) is 34.0 Å². The van der Waals surface area contributed by atoms with Crippen molar-refractivity contribution >= 4 is 45.1 Å². The molecular formula is C18H22N6S3. The zero-order valence-corrected chi connectivity index (χ0v) is 17.6. The predicted octanol–water partition coefficient (Wildman–Crippen LogP) is 3.32. The lowest BCUT2D eigenvalue weighted by molar-refractivity contribution is 0.380. The van der Waals surface area contributed by atoms with Crippen LogP contribution in [0.2, 0.25) is 0 Å². The van der Waals surface area contributed by atoms with Crippen molar-refractivity contribution in [3.63, 3.8) is 0 Å². The minimum atomic E-state index is 0.653. The fourth-order valence-electron chi connectivity index (χ4n) is 3.01. The number of nitrogens with two attached hydrogens (primary N) is 1. The Morgan fingerprint density at radius 3 is 2.78 bits per heavy atom. The molecule has 0 bridgehead atoms. The van der Waals surface area contributed by atoms with Gasteiger partial charge in [-0.25, -0.2) is 9.97 Å². The van der Waals surface area contributed by atoms with Crippen molar-refractivity contribution in [2.24, 2.45) is 10.7 Å². The first-order valence-corrected chi connectivity index (χ1v) is 11.5. The summed E-state index contributed by atoms with van der Waals surface area (Å²) < 4.78 is 0. The fraction of sp³-hybridized carbons (Fsp3) is 0.389. The molecule has 1 aliphatic rings. The second-order valence-corrected chi connectivity index (χ2v) is 9.40. The molecule has 0 aromatic carbocycles. The number of nitrogens with zero attached hydrogens (tertiary/aromatic N) is 5. The van der Waals surface area contributed by atoms with Crippen molar-refractivity contribution in [3.05, 3.63) is 39.0 Å². The Balaban J connectivity index is 1.27. The minimum Gasteiger partial charge on any atom is -0.370 e. The number of guanidine groups is 1. The van der Waals surface area contributed by atoms with Gasteiger partial charge in [0.05, 0.1) is 15.6 Å². The normalized spacial score (nSPS) is 15.5. The van der Waals surface area contributed by atoms with E-state index in [9.17, 15) is 0 Å². The first kappa shape index (κ1) is 18.4. The zero-order valence-electron chi connectivity index (χ0n) is 15.2. The standard InChI is InChI=1S/C18H22N6S3/c1-13-22-15(12-26-13)16-3-2-14(27-16)4-5-20-17(19)23-7-9-24(10-8-23)18-21-6-11-25-18/h2-3,6,11-12H,4-5,7-10H2,1H3,(H2,19,20). The molecule has 0 atom stereocenters. The molecule has 142 valence electrons. The Kier molecular flexibility index (Phi) is 5.70. The number of rotatable bonds is 5. The molecule has 0 spiro atoms. The van der Waals surface area contributed by atoms with Crippen LogP contribution in [-0.2, 0) is 6.42 Å². The summed E-state index contributed by atoms with van der Waals surface area (Å²) in [7, 11) is 0. The number of piperazine rings is 1. The number of thiophene rings is 1. The number of anilines is 1. The summed E-state index contributed by atoms with van der Waals surface area (Å²) in [5.74, 6) is 0.653. The van der Waals surface area contributed by atoms with E-state index < -0.39 is 0 Å². The lowest BCUT2D eigenvalue weighted by atomic mass is 10.3. The van der Waals surface area contributed by atoms with Crippen molar-refractivity contribution in [1.82, 2.24) is 14.9 Å². The molecule has 4 rings (SSSR count). The topological polar surface area (TPSA) is 70.6 Å². The summed E-state index contributed by atoms with van der Waals surface area (Å²) in [5.41, 5.74) is 7.29. The van der Waals surface area contributed by atoms with E-state index in [-0.39, 0.29) is 0 Å². The number of aliphatic imine (C=N–C) groups is 1. The van der Waals surface area contributed by atoms with Crippen LogP contribution in [0.5, 0.6) is 0 Å². The molecule has 1 aliphatic heterocycles. The third kappa shape index (κ3) is 4.48. The lowest BCUT2D eigenvalue weighted by Gasteiger charge is -2.35. The third-order valence-corrected chi connectivity index (χ3v) is 7.23. The maximum atomic E-state index is 6.21. The van der Waals surface area contributed by atoms with Gasteiger partial charge in [0, 0.05) is 61.0 Å². The Morgan fingerprint density at radius 1 is 1.22 bits per heavy atom. The highest BCUT2D eigenvalue weighted by Gasteiger charge is 2.19. The van der Waals surface area contributed by atoms with Gasteiger partial charge in [0.15, 0.2) is 11.1 Å². The molecule has 0 radical (unpaired) electrons. The van der Waals surface area contributed by atoms with E-state index in [0.717, 1.165) is 48.4 Å². The average Bonchev–Trinajstić information content (AvgIpc) is 3.43. The summed E-state index contributed by atoms with van der Waals surface area (Å²) in [6, 6.07) is 4.33. The Morgan fingerprint density at radius 2 is 2.07 bits per heavy atom. The highest BCUT2D eigenvalue weighted by molar-refractivity contribution is 7.16. The van der Waals surface area contributed by atoms with Gasteiger partial charge >= 0.3 is 0 Å². The van der Waals surface area contributed by atoms with Crippen LogP contribution in [0.4, 0.5) is 5.13 Å². The maximum absolute atomic E-state index is 6.21. The fourth-order valence-corrected chi connectivity index (χ4v) is 5.35. The van der Waals surface area contributed by atoms with Crippen LogP contribution in [0.1, 0.15) is 9.88 Å². The SMILES string of the molecule is Cc1nc(-c2ccc(CCN=C(N)N3CCN(c4nccs4)CC3)s2)cs1. The summed E-state index contributed by atoms with van der Waals surface area (Å²) in [6.45, 7) is 6.41.